The van der Waals surface area contributed by atoms with Crippen molar-refractivity contribution in [2.75, 3.05) is 33.9 Å². The maximum absolute atomic E-state index is 10.3. The van der Waals surface area contributed by atoms with E-state index < -0.39 is 5.60 Å². The van der Waals surface area contributed by atoms with E-state index >= 15 is 0 Å². The van der Waals surface area contributed by atoms with E-state index in [0.29, 0.717) is 6.61 Å². The molecule has 1 unspecified atom stereocenters. The minimum absolute atomic E-state index is 0.639. The molecule has 0 saturated heterocycles. The Morgan fingerprint density at radius 1 is 1.10 bits per heavy atom. The zero-order valence-electron chi connectivity index (χ0n) is 12.8. The summed E-state index contributed by atoms with van der Waals surface area (Å²) in [6.07, 6.45) is 2.37. The van der Waals surface area contributed by atoms with Crippen LogP contribution in [0.25, 0.3) is 0 Å². The highest BCUT2D eigenvalue weighted by atomic mass is 16.5. The van der Waals surface area contributed by atoms with E-state index in [2.05, 4.69) is 5.32 Å². The molecule has 0 heterocycles. The Balaban J connectivity index is 2.27. The highest BCUT2D eigenvalue weighted by molar-refractivity contribution is 5.27. The van der Waals surface area contributed by atoms with Crippen molar-refractivity contribution in [3.8, 4) is 5.75 Å². The van der Waals surface area contributed by atoms with E-state index in [-0.39, 0.29) is 0 Å². The van der Waals surface area contributed by atoms with Gasteiger partial charge in [-0.3, -0.25) is 0 Å². The summed E-state index contributed by atoms with van der Waals surface area (Å²) in [6, 6.07) is 8.00. The summed E-state index contributed by atoms with van der Waals surface area (Å²) in [7, 11) is 3.35. The third-order valence-electron chi connectivity index (χ3n) is 3.43. The quantitative estimate of drug-likeness (QED) is 0.644. The van der Waals surface area contributed by atoms with Crippen molar-refractivity contribution >= 4 is 0 Å². The predicted molar refractivity (Wildman–Crippen MR) is 81.3 cm³/mol. The Bertz CT molecular complexity index is 362. The van der Waals surface area contributed by atoms with Gasteiger partial charge in [0.25, 0.3) is 0 Å². The van der Waals surface area contributed by atoms with Crippen molar-refractivity contribution in [3.63, 3.8) is 0 Å². The zero-order valence-corrected chi connectivity index (χ0v) is 12.8. The van der Waals surface area contributed by atoms with Crippen LogP contribution in [0.4, 0.5) is 0 Å². The monoisotopic (exact) mass is 281 g/mol. The van der Waals surface area contributed by atoms with E-state index in [1.165, 1.54) is 5.56 Å². The highest BCUT2D eigenvalue weighted by Crippen LogP contribution is 2.19. The van der Waals surface area contributed by atoms with Crippen molar-refractivity contribution in [3.05, 3.63) is 29.8 Å². The van der Waals surface area contributed by atoms with E-state index in [1.807, 2.05) is 31.2 Å². The summed E-state index contributed by atoms with van der Waals surface area (Å²) < 4.78 is 10.1. The van der Waals surface area contributed by atoms with Crippen LogP contribution in [0.2, 0.25) is 0 Å². The average Bonchev–Trinajstić information content (AvgIpc) is 2.45. The fraction of sp³-hybridized carbons (Fsp3) is 0.625. The molecular weight excluding hydrogens is 254 g/mol. The van der Waals surface area contributed by atoms with E-state index in [0.717, 1.165) is 38.1 Å². The molecule has 0 bridgehead atoms. The summed E-state index contributed by atoms with van der Waals surface area (Å²) in [5, 5.41) is 13.6. The van der Waals surface area contributed by atoms with Crippen LogP contribution in [0.15, 0.2) is 24.3 Å². The van der Waals surface area contributed by atoms with Crippen LogP contribution < -0.4 is 10.1 Å². The summed E-state index contributed by atoms with van der Waals surface area (Å²) in [4.78, 5) is 0. The lowest BCUT2D eigenvalue weighted by atomic mass is 9.93. The predicted octanol–water partition coefficient (Wildman–Crippen LogP) is 2.00. The number of rotatable bonds is 10. The third-order valence-corrected chi connectivity index (χ3v) is 3.43. The van der Waals surface area contributed by atoms with Gasteiger partial charge in [0.1, 0.15) is 5.75 Å². The number of benzene rings is 1. The first-order chi connectivity index (χ1) is 9.57. The van der Waals surface area contributed by atoms with Gasteiger partial charge in [0.05, 0.1) is 19.3 Å². The molecule has 1 atom stereocenters. The van der Waals surface area contributed by atoms with Gasteiger partial charge in [0.2, 0.25) is 0 Å². The molecule has 0 radical (unpaired) electrons. The lowest BCUT2D eigenvalue weighted by Crippen LogP contribution is -2.31. The van der Waals surface area contributed by atoms with Crippen LogP contribution in [0.1, 0.15) is 25.3 Å². The smallest absolute Gasteiger partial charge is 0.118 e. The van der Waals surface area contributed by atoms with Gasteiger partial charge in [-0.05, 0) is 50.4 Å². The number of nitrogens with one attached hydrogen (secondary N) is 1. The van der Waals surface area contributed by atoms with Gasteiger partial charge in [-0.1, -0.05) is 12.1 Å². The molecule has 4 heteroatoms. The lowest BCUT2D eigenvalue weighted by molar-refractivity contribution is 0.0421. The van der Waals surface area contributed by atoms with Gasteiger partial charge < -0.3 is 19.9 Å². The maximum Gasteiger partial charge on any atom is 0.118 e. The summed E-state index contributed by atoms with van der Waals surface area (Å²) >= 11 is 0. The first-order valence-corrected chi connectivity index (χ1v) is 7.12. The van der Waals surface area contributed by atoms with Crippen LogP contribution in [-0.4, -0.2) is 44.6 Å². The molecule has 114 valence electrons. The molecule has 0 aliphatic carbocycles. The van der Waals surface area contributed by atoms with Crippen molar-refractivity contribution < 1.29 is 14.6 Å². The maximum atomic E-state index is 10.3. The first-order valence-electron chi connectivity index (χ1n) is 7.12. The molecule has 20 heavy (non-hydrogen) atoms. The van der Waals surface area contributed by atoms with Crippen molar-refractivity contribution in [2.45, 2.75) is 31.8 Å². The molecule has 0 spiro atoms. The van der Waals surface area contributed by atoms with E-state index in [1.54, 1.807) is 14.2 Å². The van der Waals surface area contributed by atoms with E-state index in [4.69, 9.17) is 9.47 Å². The normalized spacial score (nSPS) is 14.0. The summed E-state index contributed by atoms with van der Waals surface area (Å²) in [6.45, 7) is 4.23. The molecule has 0 aliphatic rings. The molecule has 1 rings (SSSR count). The zero-order chi connectivity index (χ0) is 14.8. The van der Waals surface area contributed by atoms with Crippen molar-refractivity contribution in [2.24, 2.45) is 0 Å². The van der Waals surface area contributed by atoms with Gasteiger partial charge in [-0.2, -0.15) is 0 Å². The average molecular weight is 281 g/mol. The second kappa shape index (κ2) is 8.95. The Morgan fingerprint density at radius 2 is 1.80 bits per heavy atom. The molecular formula is C16H27NO3. The second-order valence-corrected chi connectivity index (χ2v) is 5.34. The Labute approximate surface area is 122 Å². The number of aryl methyl sites for hydroxylation is 1. The molecule has 4 nitrogen and oxygen atoms in total. The van der Waals surface area contributed by atoms with Crippen LogP contribution in [0, 0.1) is 0 Å². The largest absolute Gasteiger partial charge is 0.497 e. The third kappa shape index (κ3) is 6.89. The molecule has 2 N–H and O–H groups in total. The van der Waals surface area contributed by atoms with Gasteiger partial charge in [0.15, 0.2) is 0 Å². The molecule has 0 aliphatic heterocycles. The molecule has 0 saturated carbocycles. The standard InChI is InChI=1S/C16H27NO3/c1-16(18,10-11-17-12-13-19-2)9-8-14-4-6-15(20-3)7-5-14/h4-7,17-18H,8-13H2,1-3H3. The Hall–Kier alpha value is -1.10. The number of ether oxygens (including phenoxy) is 2. The van der Waals surface area contributed by atoms with Crippen LogP contribution in [-0.2, 0) is 11.2 Å². The summed E-state index contributed by atoms with van der Waals surface area (Å²) in [5.41, 5.74) is 0.582. The minimum Gasteiger partial charge on any atom is -0.497 e. The van der Waals surface area contributed by atoms with E-state index in [9.17, 15) is 5.11 Å². The van der Waals surface area contributed by atoms with Crippen molar-refractivity contribution in [1.82, 2.24) is 5.32 Å². The number of hydrogen-bond acceptors (Lipinski definition) is 4. The van der Waals surface area contributed by atoms with Gasteiger partial charge in [-0.25, -0.2) is 0 Å². The Kier molecular flexibility index (Phi) is 7.59. The van der Waals surface area contributed by atoms with Crippen molar-refractivity contribution in [1.29, 1.82) is 0 Å². The number of methoxy groups -OCH3 is 2. The Morgan fingerprint density at radius 3 is 2.40 bits per heavy atom. The first kappa shape index (κ1) is 17.0. The SMILES string of the molecule is COCCNCCC(C)(O)CCc1ccc(OC)cc1. The molecule has 0 fully saturated rings. The number of hydrogen-bond donors (Lipinski definition) is 2. The summed E-state index contributed by atoms with van der Waals surface area (Å²) in [5.74, 6) is 0.864. The molecule has 0 amide bonds. The molecule has 0 aromatic heterocycles. The van der Waals surface area contributed by atoms with Crippen LogP contribution in [0.3, 0.4) is 0 Å². The highest BCUT2D eigenvalue weighted by Gasteiger charge is 2.19. The van der Waals surface area contributed by atoms with Crippen LogP contribution in [0.5, 0.6) is 5.75 Å². The number of aliphatic hydroxyl groups is 1. The van der Waals surface area contributed by atoms with Crippen LogP contribution >= 0.6 is 0 Å². The molecule has 1 aromatic carbocycles. The van der Waals surface area contributed by atoms with Gasteiger partial charge in [0, 0.05) is 13.7 Å². The topological polar surface area (TPSA) is 50.7 Å². The fourth-order valence-electron chi connectivity index (χ4n) is 1.99. The molecule has 1 aromatic rings. The van der Waals surface area contributed by atoms with Gasteiger partial charge in [-0.15, -0.1) is 0 Å². The minimum atomic E-state index is -0.639. The van der Waals surface area contributed by atoms with Gasteiger partial charge >= 0.3 is 0 Å². The fourth-order valence-corrected chi connectivity index (χ4v) is 1.99. The lowest BCUT2D eigenvalue weighted by Gasteiger charge is -2.23. The second-order valence-electron chi connectivity index (χ2n) is 5.34.